The van der Waals surface area contributed by atoms with Gasteiger partial charge in [0.2, 0.25) is 5.89 Å². The van der Waals surface area contributed by atoms with Crippen molar-refractivity contribution in [2.45, 2.75) is 0 Å². The molecule has 3 heteroatoms. The van der Waals surface area contributed by atoms with E-state index >= 15 is 0 Å². The SMILES string of the molecule is [C-]#[N+]c1ccc(-c2ccc(-c3cc(-c4ccc(-c5ccccc5)cc4)c4nc(-c5ccc(-c6ccc(-c7ccccc7)cc6)cc5)oc4c3)cc2)cc1. The molecule has 9 rings (SSSR count). The van der Waals surface area contributed by atoms with Gasteiger partial charge in [-0.25, -0.2) is 9.83 Å². The lowest BCUT2D eigenvalue weighted by atomic mass is 9.95. The molecule has 0 aliphatic rings. The molecule has 53 heavy (non-hydrogen) atoms. The van der Waals surface area contributed by atoms with Crippen LogP contribution >= 0.6 is 0 Å². The van der Waals surface area contributed by atoms with Crippen LogP contribution < -0.4 is 0 Å². The first-order chi connectivity index (χ1) is 26.2. The maximum Gasteiger partial charge on any atom is 0.227 e. The summed E-state index contributed by atoms with van der Waals surface area (Å²) >= 11 is 0. The third-order valence-corrected chi connectivity index (χ3v) is 9.80. The molecule has 0 radical (unpaired) electrons. The summed E-state index contributed by atoms with van der Waals surface area (Å²) in [7, 11) is 0. The van der Waals surface area contributed by atoms with Crippen LogP contribution in [0.25, 0.3) is 94.2 Å². The smallest absolute Gasteiger partial charge is 0.227 e. The second-order valence-electron chi connectivity index (χ2n) is 13.1. The highest BCUT2D eigenvalue weighted by Crippen LogP contribution is 2.38. The maximum atomic E-state index is 7.26. The average molecular weight is 677 g/mol. The molecule has 0 amide bonds. The van der Waals surface area contributed by atoms with Gasteiger partial charge in [0.15, 0.2) is 11.3 Å². The second-order valence-corrected chi connectivity index (χ2v) is 13.1. The number of fused-ring (bicyclic) bond motifs is 1. The molecule has 0 fully saturated rings. The van der Waals surface area contributed by atoms with E-state index in [1.807, 2.05) is 36.4 Å². The summed E-state index contributed by atoms with van der Waals surface area (Å²) < 4.78 is 6.56. The van der Waals surface area contributed by atoms with Crippen LogP contribution in [0.5, 0.6) is 0 Å². The molecule has 0 unspecified atom stereocenters. The number of benzene rings is 8. The molecule has 0 bridgehead atoms. The summed E-state index contributed by atoms with van der Waals surface area (Å²) in [6, 6.07) is 67.2. The minimum absolute atomic E-state index is 0.587. The molecule has 248 valence electrons. The average Bonchev–Trinajstić information content (AvgIpc) is 3.69. The van der Waals surface area contributed by atoms with E-state index in [1.165, 1.54) is 16.7 Å². The van der Waals surface area contributed by atoms with Crippen molar-refractivity contribution in [3.63, 3.8) is 0 Å². The van der Waals surface area contributed by atoms with Gasteiger partial charge < -0.3 is 4.42 Å². The van der Waals surface area contributed by atoms with Crippen molar-refractivity contribution < 1.29 is 4.42 Å². The van der Waals surface area contributed by atoms with Crippen molar-refractivity contribution in [1.29, 1.82) is 0 Å². The van der Waals surface area contributed by atoms with Gasteiger partial charge >= 0.3 is 0 Å². The number of oxazole rings is 1. The number of hydrogen-bond acceptors (Lipinski definition) is 2. The molecule has 0 saturated heterocycles. The molecule has 9 aromatic rings. The van der Waals surface area contributed by atoms with Gasteiger partial charge in [0.05, 0.1) is 6.57 Å². The number of nitrogens with zero attached hydrogens (tertiary/aromatic N) is 2. The fourth-order valence-corrected chi connectivity index (χ4v) is 6.89. The first kappa shape index (κ1) is 31.7. The zero-order valence-electron chi connectivity index (χ0n) is 28.8. The molecule has 8 aromatic carbocycles. The predicted molar refractivity (Wildman–Crippen MR) is 218 cm³/mol. The van der Waals surface area contributed by atoms with Crippen molar-refractivity contribution >= 4 is 16.8 Å². The van der Waals surface area contributed by atoms with E-state index in [9.17, 15) is 0 Å². The first-order valence-electron chi connectivity index (χ1n) is 17.6. The van der Waals surface area contributed by atoms with E-state index in [-0.39, 0.29) is 0 Å². The molecule has 0 saturated carbocycles. The normalized spacial score (nSPS) is 11.0. The maximum absolute atomic E-state index is 7.26. The highest BCUT2D eigenvalue weighted by Gasteiger charge is 2.17. The molecule has 3 nitrogen and oxygen atoms in total. The van der Waals surface area contributed by atoms with E-state index in [0.29, 0.717) is 11.6 Å². The van der Waals surface area contributed by atoms with Crippen molar-refractivity contribution in [3.8, 4) is 78.2 Å². The van der Waals surface area contributed by atoms with E-state index in [4.69, 9.17) is 16.0 Å². The number of hydrogen-bond donors (Lipinski definition) is 0. The summed E-state index contributed by atoms with van der Waals surface area (Å²) in [6.07, 6.45) is 0. The van der Waals surface area contributed by atoms with Gasteiger partial charge in [0, 0.05) is 11.1 Å². The Kier molecular flexibility index (Phi) is 8.25. The minimum atomic E-state index is 0.587. The second kappa shape index (κ2) is 13.8. The van der Waals surface area contributed by atoms with Gasteiger partial charge in [-0.05, 0) is 85.5 Å². The van der Waals surface area contributed by atoms with Crippen molar-refractivity contribution in [3.05, 3.63) is 206 Å². The van der Waals surface area contributed by atoms with Crippen LogP contribution in [-0.4, -0.2) is 4.98 Å². The zero-order chi connectivity index (χ0) is 35.6. The van der Waals surface area contributed by atoms with Gasteiger partial charge in [-0.1, -0.05) is 170 Å². The zero-order valence-corrected chi connectivity index (χ0v) is 28.8. The Hall–Kier alpha value is -7.28. The summed E-state index contributed by atoms with van der Waals surface area (Å²) in [6.45, 7) is 7.26. The Morgan fingerprint density at radius 3 is 1.15 bits per heavy atom. The van der Waals surface area contributed by atoms with E-state index < -0.39 is 0 Å². The largest absolute Gasteiger partial charge is 0.436 e. The van der Waals surface area contributed by atoms with E-state index in [2.05, 4.69) is 163 Å². The lowest BCUT2D eigenvalue weighted by molar-refractivity contribution is 0.620. The van der Waals surface area contributed by atoms with Crippen LogP contribution in [-0.2, 0) is 0 Å². The van der Waals surface area contributed by atoms with Crippen LogP contribution in [0.15, 0.2) is 199 Å². The highest BCUT2D eigenvalue weighted by atomic mass is 16.3. The van der Waals surface area contributed by atoms with Gasteiger partial charge in [0.25, 0.3) is 0 Å². The summed E-state index contributed by atoms with van der Waals surface area (Å²) in [5, 5.41) is 0. The molecular formula is C50H32N2O. The van der Waals surface area contributed by atoms with Crippen LogP contribution in [0.2, 0.25) is 0 Å². The summed E-state index contributed by atoms with van der Waals surface area (Å²) in [5.41, 5.74) is 16.6. The Morgan fingerprint density at radius 2 is 0.717 bits per heavy atom. The Balaban J connectivity index is 1.07. The third-order valence-electron chi connectivity index (χ3n) is 9.80. The van der Waals surface area contributed by atoms with E-state index in [1.54, 1.807) is 0 Å². The van der Waals surface area contributed by atoms with E-state index in [0.717, 1.165) is 66.7 Å². The lowest BCUT2D eigenvalue weighted by Gasteiger charge is -2.10. The Morgan fingerprint density at radius 1 is 0.358 bits per heavy atom. The standard InChI is InChI=1S/C50H32N2O/c1-51-46-30-28-41(29-31-46)39-16-18-42(19-17-39)45-32-47(43-24-20-37(21-25-43)35-10-6-3-7-11-35)49-48(33-45)53-50(52-49)44-26-22-40(23-27-44)38-14-12-36(13-15-38)34-8-4-2-5-9-34/h2-33H. The Bertz CT molecular complexity index is 2700. The van der Waals surface area contributed by atoms with Crippen LogP contribution in [0.3, 0.4) is 0 Å². The number of rotatable bonds is 7. The predicted octanol–water partition coefficient (Wildman–Crippen LogP) is 14.0. The molecule has 0 atom stereocenters. The highest BCUT2D eigenvalue weighted by molar-refractivity contribution is 5.96. The summed E-state index contributed by atoms with van der Waals surface area (Å²) in [5.74, 6) is 0.587. The van der Waals surface area contributed by atoms with Crippen LogP contribution in [0, 0.1) is 6.57 Å². The molecule has 0 aliphatic carbocycles. The van der Waals surface area contributed by atoms with Crippen LogP contribution in [0.4, 0.5) is 5.69 Å². The first-order valence-corrected chi connectivity index (χ1v) is 17.6. The van der Waals surface area contributed by atoms with Gasteiger partial charge in [-0.15, -0.1) is 0 Å². The number of aromatic nitrogens is 1. The quantitative estimate of drug-likeness (QED) is 0.157. The fraction of sp³-hybridized carbons (Fsp3) is 0. The monoisotopic (exact) mass is 676 g/mol. The van der Waals surface area contributed by atoms with Gasteiger partial charge in [0.1, 0.15) is 5.52 Å². The van der Waals surface area contributed by atoms with Gasteiger partial charge in [-0.3, -0.25) is 0 Å². The molecule has 1 heterocycles. The topological polar surface area (TPSA) is 30.4 Å². The van der Waals surface area contributed by atoms with Crippen molar-refractivity contribution in [2.24, 2.45) is 0 Å². The molecular weight excluding hydrogens is 645 g/mol. The molecule has 0 spiro atoms. The third kappa shape index (κ3) is 6.42. The molecule has 0 aliphatic heterocycles. The van der Waals surface area contributed by atoms with Crippen molar-refractivity contribution in [2.75, 3.05) is 0 Å². The molecule has 1 aromatic heterocycles. The molecule has 0 N–H and O–H groups in total. The van der Waals surface area contributed by atoms with Crippen LogP contribution in [0.1, 0.15) is 0 Å². The van der Waals surface area contributed by atoms with Gasteiger partial charge in [-0.2, -0.15) is 0 Å². The minimum Gasteiger partial charge on any atom is -0.436 e. The lowest BCUT2D eigenvalue weighted by Crippen LogP contribution is -1.86. The summed E-state index contributed by atoms with van der Waals surface area (Å²) in [4.78, 5) is 8.62. The van der Waals surface area contributed by atoms with Crippen molar-refractivity contribution in [1.82, 2.24) is 4.98 Å². The Labute approximate surface area is 308 Å². The fourth-order valence-electron chi connectivity index (χ4n) is 6.89.